The topological polar surface area (TPSA) is 51.1 Å². The quantitative estimate of drug-likeness (QED) is 0.745. The molecule has 124 valence electrons. The molecule has 3 rings (SSSR count). The number of hydrogen-bond acceptors (Lipinski definition) is 3. The molecule has 1 N–H and O–H groups in total. The summed E-state index contributed by atoms with van der Waals surface area (Å²) in [7, 11) is 0. The average molecular weight is 361 g/mol. The van der Waals surface area contributed by atoms with E-state index in [1.54, 1.807) is 16.7 Å². The number of aromatic nitrogens is 1. The van der Waals surface area contributed by atoms with Gasteiger partial charge in [0.25, 0.3) is 0 Å². The smallest absolute Gasteiger partial charge is 0.308 e. The summed E-state index contributed by atoms with van der Waals surface area (Å²) in [5.74, 6) is -0.104. The summed E-state index contributed by atoms with van der Waals surface area (Å²) in [6, 6.07) is 12.9. The maximum absolute atomic E-state index is 12.2. The Bertz CT molecular complexity index is 942. The molecule has 0 aliphatic heterocycles. The van der Waals surface area contributed by atoms with E-state index in [1.807, 2.05) is 44.2 Å². The fraction of sp³-hybridized carbons (Fsp3) is 0.222. The van der Waals surface area contributed by atoms with Gasteiger partial charge in [0.15, 0.2) is 0 Å². The fourth-order valence-corrected chi connectivity index (χ4v) is 3.77. The Morgan fingerprint density at radius 2 is 1.92 bits per heavy atom. The highest BCUT2D eigenvalue weighted by Gasteiger charge is 2.11. The van der Waals surface area contributed by atoms with Gasteiger partial charge in [-0.1, -0.05) is 35.1 Å². The zero-order valence-electron chi connectivity index (χ0n) is 13.4. The van der Waals surface area contributed by atoms with E-state index in [9.17, 15) is 9.59 Å². The Balaban J connectivity index is 1.79. The molecule has 0 atom stereocenters. The van der Waals surface area contributed by atoms with Crippen molar-refractivity contribution in [2.45, 2.75) is 26.3 Å². The molecule has 0 unspecified atom stereocenters. The van der Waals surface area contributed by atoms with Gasteiger partial charge in [-0.15, -0.1) is 0 Å². The van der Waals surface area contributed by atoms with Crippen LogP contribution in [0.3, 0.4) is 0 Å². The van der Waals surface area contributed by atoms with Crippen LogP contribution in [0.1, 0.15) is 25.5 Å². The highest BCUT2D eigenvalue weighted by atomic mass is 35.5. The van der Waals surface area contributed by atoms with E-state index in [0.29, 0.717) is 10.7 Å². The molecule has 1 heterocycles. The normalized spacial score (nSPS) is 11.2. The molecule has 3 aromatic rings. The summed E-state index contributed by atoms with van der Waals surface area (Å²) in [6.07, 6.45) is 0.276. The second-order valence-electron chi connectivity index (χ2n) is 5.87. The largest absolute Gasteiger partial charge is 0.326 e. The molecular formula is C18H17ClN2O2S. The lowest BCUT2D eigenvalue weighted by Crippen LogP contribution is -2.15. The van der Waals surface area contributed by atoms with Crippen LogP contribution in [0.25, 0.3) is 10.2 Å². The predicted molar refractivity (Wildman–Crippen MR) is 100 cm³/mol. The number of rotatable bonds is 4. The summed E-state index contributed by atoms with van der Waals surface area (Å²) in [5.41, 5.74) is 2.49. The number of amides is 1. The number of fused-ring (bicyclic) bond motifs is 1. The van der Waals surface area contributed by atoms with Crippen LogP contribution in [0.5, 0.6) is 0 Å². The second-order valence-corrected chi connectivity index (χ2v) is 7.30. The number of hydrogen-bond donors (Lipinski definition) is 1. The number of nitrogens with zero attached hydrogens (tertiary/aromatic N) is 1. The molecular weight excluding hydrogens is 344 g/mol. The van der Waals surface area contributed by atoms with Crippen LogP contribution in [0, 0.1) is 0 Å². The Kier molecular flexibility index (Phi) is 4.73. The van der Waals surface area contributed by atoms with Gasteiger partial charge in [-0.2, -0.15) is 0 Å². The first-order chi connectivity index (χ1) is 11.4. The molecule has 0 spiro atoms. The first-order valence-corrected chi connectivity index (χ1v) is 8.83. The maximum atomic E-state index is 12.2. The first kappa shape index (κ1) is 16.7. The molecule has 1 aromatic heterocycles. The van der Waals surface area contributed by atoms with E-state index in [2.05, 4.69) is 5.32 Å². The van der Waals surface area contributed by atoms with E-state index in [4.69, 9.17) is 11.6 Å². The van der Waals surface area contributed by atoms with Crippen LogP contribution in [0.4, 0.5) is 5.69 Å². The highest BCUT2D eigenvalue weighted by molar-refractivity contribution is 7.16. The summed E-state index contributed by atoms with van der Waals surface area (Å²) in [4.78, 5) is 24.3. The van der Waals surface area contributed by atoms with Gasteiger partial charge in [-0.05, 0) is 49.7 Å². The maximum Gasteiger partial charge on any atom is 0.308 e. The van der Waals surface area contributed by atoms with Crippen LogP contribution in [0.2, 0.25) is 5.02 Å². The lowest BCUT2D eigenvalue weighted by Gasteiger charge is -2.08. The van der Waals surface area contributed by atoms with Crippen molar-refractivity contribution in [1.29, 1.82) is 0 Å². The molecule has 1 amide bonds. The molecule has 0 bridgehead atoms. The standard InChI is InChI=1S/C18H17ClN2O2S/c1-11(2)21-15-8-7-14(10-16(15)24-18(21)23)20-17(22)9-12-3-5-13(19)6-4-12/h3-8,10-11H,9H2,1-2H3,(H,20,22). The number of benzene rings is 2. The monoisotopic (exact) mass is 360 g/mol. The van der Waals surface area contributed by atoms with Crippen LogP contribution in [-0.2, 0) is 11.2 Å². The summed E-state index contributed by atoms with van der Waals surface area (Å²) >= 11 is 7.04. The molecule has 6 heteroatoms. The molecule has 2 aromatic carbocycles. The van der Waals surface area contributed by atoms with Gasteiger partial charge in [0.2, 0.25) is 5.91 Å². The number of thiazole rings is 1. The first-order valence-electron chi connectivity index (χ1n) is 7.63. The highest BCUT2D eigenvalue weighted by Crippen LogP contribution is 2.24. The van der Waals surface area contributed by atoms with Crippen LogP contribution in [0.15, 0.2) is 47.3 Å². The third-order valence-corrected chi connectivity index (χ3v) is 4.86. The molecule has 24 heavy (non-hydrogen) atoms. The summed E-state index contributed by atoms with van der Waals surface area (Å²) < 4.78 is 2.64. The van der Waals surface area contributed by atoms with E-state index in [-0.39, 0.29) is 23.2 Å². The molecule has 0 saturated heterocycles. The van der Waals surface area contributed by atoms with Gasteiger partial charge in [-0.25, -0.2) is 0 Å². The Labute approximate surface area is 148 Å². The van der Waals surface area contributed by atoms with Crippen molar-refractivity contribution in [3.8, 4) is 0 Å². The molecule has 4 nitrogen and oxygen atoms in total. The third kappa shape index (κ3) is 3.52. The molecule has 0 aliphatic carbocycles. The minimum Gasteiger partial charge on any atom is -0.326 e. The van der Waals surface area contributed by atoms with Gasteiger partial charge in [-0.3, -0.25) is 14.2 Å². The van der Waals surface area contributed by atoms with E-state index in [0.717, 1.165) is 15.8 Å². The van der Waals surface area contributed by atoms with Gasteiger partial charge >= 0.3 is 4.87 Å². The summed E-state index contributed by atoms with van der Waals surface area (Å²) in [5, 5.41) is 3.53. The predicted octanol–water partition coefficient (Wildman–Crippen LogP) is 4.48. The lowest BCUT2D eigenvalue weighted by atomic mass is 10.1. The number of anilines is 1. The summed E-state index contributed by atoms with van der Waals surface area (Å²) in [6.45, 7) is 3.96. The van der Waals surface area contributed by atoms with Gasteiger partial charge in [0.05, 0.1) is 16.6 Å². The molecule has 0 saturated carbocycles. The number of carbonyl (C=O) groups is 1. The van der Waals surface area contributed by atoms with Crippen LogP contribution < -0.4 is 10.2 Å². The third-order valence-electron chi connectivity index (χ3n) is 3.69. The van der Waals surface area contributed by atoms with Crippen molar-refractivity contribution >= 4 is 44.7 Å². The number of halogens is 1. The molecule has 0 fully saturated rings. The zero-order valence-corrected chi connectivity index (χ0v) is 14.9. The van der Waals surface area contributed by atoms with Gasteiger partial charge < -0.3 is 5.32 Å². The van der Waals surface area contributed by atoms with E-state index < -0.39 is 0 Å². The van der Waals surface area contributed by atoms with Crippen molar-refractivity contribution in [2.75, 3.05) is 5.32 Å². The van der Waals surface area contributed by atoms with E-state index in [1.165, 1.54) is 11.3 Å². The minimum atomic E-state index is -0.104. The van der Waals surface area contributed by atoms with Crippen molar-refractivity contribution in [3.05, 3.63) is 62.7 Å². The Morgan fingerprint density at radius 1 is 1.21 bits per heavy atom. The Morgan fingerprint density at radius 3 is 2.58 bits per heavy atom. The van der Waals surface area contributed by atoms with Crippen molar-refractivity contribution in [3.63, 3.8) is 0 Å². The van der Waals surface area contributed by atoms with Crippen molar-refractivity contribution in [2.24, 2.45) is 0 Å². The minimum absolute atomic E-state index is 0.0182. The van der Waals surface area contributed by atoms with Crippen LogP contribution >= 0.6 is 22.9 Å². The van der Waals surface area contributed by atoms with Crippen molar-refractivity contribution in [1.82, 2.24) is 4.57 Å². The number of nitrogens with one attached hydrogen (secondary N) is 1. The SMILES string of the molecule is CC(C)n1c(=O)sc2cc(NC(=O)Cc3ccc(Cl)cc3)ccc21. The van der Waals surface area contributed by atoms with Crippen LogP contribution in [-0.4, -0.2) is 10.5 Å². The Hall–Kier alpha value is -2.11. The average Bonchev–Trinajstić information content (AvgIpc) is 2.84. The lowest BCUT2D eigenvalue weighted by molar-refractivity contribution is -0.115. The fourth-order valence-electron chi connectivity index (χ4n) is 2.60. The second kappa shape index (κ2) is 6.79. The molecule has 0 aliphatic rings. The molecule has 0 radical (unpaired) electrons. The zero-order chi connectivity index (χ0) is 17.3. The van der Waals surface area contributed by atoms with Gasteiger partial charge in [0, 0.05) is 16.8 Å². The van der Waals surface area contributed by atoms with Gasteiger partial charge in [0.1, 0.15) is 0 Å². The van der Waals surface area contributed by atoms with Crippen molar-refractivity contribution < 1.29 is 4.79 Å². The van der Waals surface area contributed by atoms with E-state index >= 15 is 0 Å². The number of carbonyl (C=O) groups excluding carboxylic acids is 1.